The molecule has 1 aliphatic rings. The first kappa shape index (κ1) is 16.7. The normalized spacial score (nSPS) is 23.2. The number of rotatable bonds is 7. The Morgan fingerprint density at radius 2 is 1.50 bits per heavy atom. The van der Waals surface area contributed by atoms with Crippen molar-refractivity contribution >= 4 is 6.21 Å². The van der Waals surface area contributed by atoms with Gasteiger partial charge in [0.05, 0.1) is 19.1 Å². The molecule has 0 bridgehead atoms. The van der Waals surface area contributed by atoms with E-state index in [0.29, 0.717) is 19.8 Å². The van der Waals surface area contributed by atoms with Gasteiger partial charge in [-0.2, -0.15) is 0 Å². The van der Waals surface area contributed by atoms with Gasteiger partial charge in [-0.3, -0.25) is 5.21 Å². The third kappa shape index (κ3) is 4.22. The van der Waals surface area contributed by atoms with Crippen molar-refractivity contribution in [3.8, 4) is 0 Å². The van der Waals surface area contributed by atoms with Crippen molar-refractivity contribution < 1.29 is 19.4 Å². The van der Waals surface area contributed by atoms with Crippen LogP contribution in [0.2, 0.25) is 0 Å². The second-order valence-corrected chi connectivity index (χ2v) is 6.22. The van der Waals surface area contributed by atoms with Gasteiger partial charge in [0.2, 0.25) is 12.3 Å². The molecule has 1 aliphatic heterocycles. The van der Waals surface area contributed by atoms with E-state index in [2.05, 4.69) is 6.92 Å². The number of ether oxygens (including phenoxy) is 2. The Balaban J connectivity index is 1.48. The van der Waals surface area contributed by atoms with Gasteiger partial charge in [0, 0.05) is 0 Å². The molecule has 3 rings (SSSR count). The summed E-state index contributed by atoms with van der Waals surface area (Å²) in [6, 6.07) is 20.0. The Morgan fingerprint density at radius 3 is 2.12 bits per heavy atom. The standard InChI is InChI=1S/C20H24NO3/c1-16-19(15-23-13-17-8-4-2-5-9-17)21(22)12-20(16)24-14-18-10-6-3-7-11-18/h2-12,16,19-20,22H,13-15H2,1H3/q+1/t16-,19+,20+/m0/s1. The highest BCUT2D eigenvalue weighted by Gasteiger charge is 2.42. The van der Waals surface area contributed by atoms with Crippen molar-refractivity contribution in [1.82, 2.24) is 0 Å². The Hall–Kier alpha value is -2.17. The van der Waals surface area contributed by atoms with Crippen molar-refractivity contribution in [2.75, 3.05) is 6.61 Å². The molecule has 0 fully saturated rings. The fraction of sp³-hybridized carbons (Fsp3) is 0.350. The monoisotopic (exact) mass is 326 g/mol. The van der Waals surface area contributed by atoms with Crippen LogP contribution in [0.5, 0.6) is 0 Å². The van der Waals surface area contributed by atoms with Crippen LogP contribution in [0.3, 0.4) is 0 Å². The zero-order chi connectivity index (χ0) is 16.8. The molecular weight excluding hydrogens is 302 g/mol. The summed E-state index contributed by atoms with van der Waals surface area (Å²) in [6.07, 6.45) is 1.63. The minimum absolute atomic E-state index is 0.0884. The van der Waals surface area contributed by atoms with Crippen molar-refractivity contribution in [1.29, 1.82) is 0 Å². The van der Waals surface area contributed by atoms with E-state index in [9.17, 15) is 5.21 Å². The highest BCUT2D eigenvalue weighted by molar-refractivity contribution is 5.59. The zero-order valence-corrected chi connectivity index (χ0v) is 13.9. The largest absolute Gasteiger partial charge is 0.370 e. The summed E-state index contributed by atoms with van der Waals surface area (Å²) in [6.45, 7) is 3.64. The van der Waals surface area contributed by atoms with Gasteiger partial charge in [0.15, 0.2) is 0 Å². The van der Waals surface area contributed by atoms with E-state index >= 15 is 0 Å². The van der Waals surface area contributed by atoms with Gasteiger partial charge in [0.1, 0.15) is 12.7 Å². The minimum Gasteiger partial charge on any atom is -0.370 e. The van der Waals surface area contributed by atoms with Crippen LogP contribution in [0, 0.1) is 5.92 Å². The Morgan fingerprint density at radius 1 is 0.917 bits per heavy atom. The van der Waals surface area contributed by atoms with Crippen LogP contribution in [0.15, 0.2) is 60.7 Å². The van der Waals surface area contributed by atoms with E-state index < -0.39 is 0 Å². The average molecular weight is 326 g/mol. The first-order chi connectivity index (χ1) is 11.7. The molecule has 3 atom stereocenters. The molecule has 2 aromatic carbocycles. The quantitative estimate of drug-likeness (QED) is 0.627. The Labute approximate surface area is 142 Å². The molecule has 0 unspecified atom stereocenters. The van der Waals surface area contributed by atoms with Crippen LogP contribution >= 0.6 is 0 Å². The molecular formula is C20H24NO3+. The number of hydrogen-bond donors (Lipinski definition) is 1. The number of nitrogens with zero attached hydrogens (tertiary/aromatic N) is 1. The average Bonchev–Trinajstić information content (AvgIpc) is 2.89. The maximum Gasteiger partial charge on any atom is 0.230 e. The maximum atomic E-state index is 10.1. The third-order valence-corrected chi connectivity index (χ3v) is 4.45. The highest BCUT2D eigenvalue weighted by Crippen LogP contribution is 2.21. The predicted molar refractivity (Wildman–Crippen MR) is 92.2 cm³/mol. The summed E-state index contributed by atoms with van der Waals surface area (Å²) in [4.78, 5) is 0. The van der Waals surface area contributed by atoms with Crippen molar-refractivity contribution in [2.24, 2.45) is 5.92 Å². The maximum absolute atomic E-state index is 10.1. The fourth-order valence-corrected chi connectivity index (χ4v) is 2.92. The van der Waals surface area contributed by atoms with Crippen LogP contribution in [-0.2, 0) is 22.7 Å². The Kier molecular flexibility index (Phi) is 5.62. The van der Waals surface area contributed by atoms with Crippen molar-refractivity contribution in [3.05, 3.63) is 71.8 Å². The van der Waals surface area contributed by atoms with Crippen LogP contribution in [-0.4, -0.2) is 34.9 Å². The summed E-state index contributed by atoms with van der Waals surface area (Å²) < 4.78 is 13.0. The first-order valence-corrected chi connectivity index (χ1v) is 8.33. The van der Waals surface area contributed by atoms with Crippen molar-refractivity contribution in [3.63, 3.8) is 0 Å². The molecule has 0 saturated carbocycles. The lowest BCUT2D eigenvalue weighted by Gasteiger charge is -2.16. The van der Waals surface area contributed by atoms with E-state index in [-0.39, 0.29) is 18.1 Å². The first-order valence-electron chi connectivity index (χ1n) is 8.33. The second kappa shape index (κ2) is 8.08. The number of hydrogen-bond acceptors (Lipinski definition) is 3. The van der Waals surface area contributed by atoms with Gasteiger partial charge < -0.3 is 9.47 Å². The van der Waals surface area contributed by atoms with E-state index in [1.807, 2.05) is 60.7 Å². The molecule has 4 heteroatoms. The molecule has 4 nitrogen and oxygen atoms in total. The van der Waals surface area contributed by atoms with Crippen LogP contribution in [0.25, 0.3) is 0 Å². The molecule has 24 heavy (non-hydrogen) atoms. The molecule has 2 aromatic rings. The lowest BCUT2D eigenvalue weighted by atomic mass is 10.0. The minimum atomic E-state index is -0.111. The lowest BCUT2D eigenvalue weighted by molar-refractivity contribution is -0.795. The molecule has 126 valence electrons. The molecule has 1 heterocycles. The van der Waals surface area contributed by atoms with E-state index in [0.717, 1.165) is 11.1 Å². The molecule has 0 amide bonds. The third-order valence-electron chi connectivity index (χ3n) is 4.45. The molecule has 0 aromatic heterocycles. The van der Waals surface area contributed by atoms with E-state index in [1.165, 1.54) is 4.74 Å². The summed E-state index contributed by atoms with van der Waals surface area (Å²) in [7, 11) is 0. The zero-order valence-electron chi connectivity index (χ0n) is 13.9. The highest BCUT2D eigenvalue weighted by atomic mass is 16.5. The lowest BCUT2D eigenvalue weighted by Crippen LogP contribution is -2.32. The van der Waals surface area contributed by atoms with Crippen molar-refractivity contribution in [2.45, 2.75) is 32.3 Å². The number of benzene rings is 2. The second-order valence-electron chi connectivity index (χ2n) is 6.22. The molecule has 0 radical (unpaired) electrons. The number of hydroxylamine groups is 1. The molecule has 0 saturated heterocycles. The molecule has 1 N–H and O–H groups in total. The summed E-state index contributed by atoms with van der Waals surface area (Å²) in [5.74, 6) is 0.162. The Bertz CT molecular complexity index is 657. The molecule has 0 aliphatic carbocycles. The van der Waals surface area contributed by atoms with Gasteiger partial charge in [0.25, 0.3) is 0 Å². The topological polar surface area (TPSA) is 41.7 Å². The van der Waals surface area contributed by atoms with E-state index in [1.54, 1.807) is 6.21 Å². The van der Waals surface area contributed by atoms with Gasteiger partial charge in [-0.15, -0.1) is 0 Å². The van der Waals surface area contributed by atoms with Crippen LogP contribution in [0.1, 0.15) is 18.1 Å². The SMILES string of the molecule is C[C@H]1[C@@H](COCc2ccccc2)[N+](O)=C[C@H]1OCc1ccccc1. The van der Waals surface area contributed by atoms with Gasteiger partial charge >= 0.3 is 0 Å². The summed E-state index contributed by atoms with van der Waals surface area (Å²) in [5.41, 5.74) is 2.26. The van der Waals surface area contributed by atoms with Crippen LogP contribution < -0.4 is 0 Å². The van der Waals surface area contributed by atoms with E-state index in [4.69, 9.17) is 9.47 Å². The summed E-state index contributed by atoms with van der Waals surface area (Å²) >= 11 is 0. The van der Waals surface area contributed by atoms with Gasteiger partial charge in [-0.05, 0) is 15.9 Å². The molecule has 0 spiro atoms. The smallest absolute Gasteiger partial charge is 0.230 e. The van der Waals surface area contributed by atoms with Crippen LogP contribution in [0.4, 0.5) is 0 Å². The fourth-order valence-electron chi connectivity index (χ4n) is 2.92. The van der Waals surface area contributed by atoms with Gasteiger partial charge in [-0.25, -0.2) is 0 Å². The predicted octanol–water partition coefficient (Wildman–Crippen LogP) is 3.28. The van der Waals surface area contributed by atoms with Gasteiger partial charge in [-0.1, -0.05) is 67.6 Å². The summed E-state index contributed by atoms with van der Waals surface area (Å²) in [5, 5.41) is 10.1.